The zero-order chi connectivity index (χ0) is 23.4. The lowest BCUT2D eigenvalue weighted by molar-refractivity contribution is 0.164. The minimum atomic E-state index is 0.0981. The number of hydrogen-bond donors (Lipinski definition) is 2. The number of anilines is 1. The molecule has 0 amide bonds. The number of aromatic nitrogens is 4. The van der Waals surface area contributed by atoms with Crippen molar-refractivity contribution in [3.63, 3.8) is 0 Å². The molecule has 2 N–H and O–H groups in total. The van der Waals surface area contributed by atoms with Gasteiger partial charge in [-0.1, -0.05) is 6.07 Å². The number of fused-ring (bicyclic) bond motifs is 3. The molecule has 3 fully saturated rings. The molecule has 1 aliphatic carbocycles. The average molecular weight is 473 g/mol. The summed E-state index contributed by atoms with van der Waals surface area (Å²) in [4.78, 5) is 11.4. The van der Waals surface area contributed by atoms with E-state index >= 15 is 0 Å². The van der Waals surface area contributed by atoms with Crippen molar-refractivity contribution in [2.75, 3.05) is 18.1 Å². The average Bonchev–Trinajstić information content (AvgIpc) is 3.67. The number of nitrogens with zero attached hydrogens (tertiary/aromatic N) is 5. The molecule has 7 rings (SSSR count). The van der Waals surface area contributed by atoms with Gasteiger partial charge in [-0.2, -0.15) is 0 Å². The molecule has 3 aliphatic heterocycles. The highest BCUT2D eigenvalue weighted by atomic mass is 16.6. The van der Waals surface area contributed by atoms with Crippen LogP contribution in [0.5, 0.6) is 17.4 Å². The van der Waals surface area contributed by atoms with Crippen molar-refractivity contribution < 1.29 is 14.6 Å². The smallest absolute Gasteiger partial charge is 0.257 e. The third-order valence-corrected chi connectivity index (χ3v) is 7.57. The Morgan fingerprint density at radius 1 is 0.857 bits per heavy atom. The fourth-order valence-electron chi connectivity index (χ4n) is 5.78. The lowest BCUT2D eigenvalue weighted by atomic mass is 9.98. The number of ether oxygens (including phenoxy) is 2. The monoisotopic (exact) mass is 472 g/mol. The quantitative estimate of drug-likeness (QED) is 0.578. The predicted octanol–water partition coefficient (Wildman–Crippen LogP) is 3.33. The Labute approximate surface area is 203 Å². The molecule has 180 valence electrons. The minimum Gasteiger partial charge on any atom is -0.507 e. The number of hydrogen-bond acceptors (Lipinski definition) is 9. The van der Waals surface area contributed by atoms with Crippen LogP contribution in [-0.2, 0) is 0 Å². The SMILES string of the molecule is Oc1cc(-c2cnc3c(c2)OCCO3)ccc1-c1ncc(N(C2CC2)C2C[C@H]3CC[C@@H](C2)N3)nn1. The summed E-state index contributed by atoms with van der Waals surface area (Å²) >= 11 is 0. The fraction of sp³-hybridized carbons (Fsp3) is 0.462. The van der Waals surface area contributed by atoms with Crippen molar-refractivity contribution in [1.29, 1.82) is 0 Å². The first kappa shape index (κ1) is 20.9. The van der Waals surface area contributed by atoms with Crippen molar-refractivity contribution in [3.8, 4) is 39.9 Å². The molecule has 1 aromatic carbocycles. The molecule has 3 aromatic rings. The molecular weight excluding hydrogens is 444 g/mol. The Hall–Kier alpha value is -3.46. The van der Waals surface area contributed by atoms with Gasteiger partial charge in [-0.25, -0.2) is 9.97 Å². The highest BCUT2D eigenvalue weighted by Gasteiger charge is 2.41. The first-order valence-electron chi connectivity index (χ1n) is 12.5. The number of nitrogens with one attached hydrogen (secondary N) is 1. The van der Waals surface area contributed by atoms with Gasteiger partial charge in [0, 0.05) is 35.9 Å². The lowest BCUT2D eigenvalue weighted by Gasteiger charge is -2.38. The molecule has 4 aliphatic rings. The number of rotatable bonds is 5. The molecule has 0 spiro atoms. The lowest BCUT2D eigenvalue weighted by Crippen LogP contribution is -2.49. The number of phenols is 1. The highest BCUT2D eigenvalue weighted by molar-refractivity contribution is 5.73. The molecule has 9 nitrogen and oxygen atoms in total. The van der Waals surface area contributed by atoms with Crippen LogP contribution >= 0.6 is 0 Å². The van der Waals surface area contributed by atoms with Crippen LogP contribution in [0, 0.1) is 0 Å². The maximum Gasteiger partial charge on any atom is 0.257 e. The van der Waals surface area contributed by atoms with Crippen molar-refractivity contribution in [2.24, 2.45) is 0 Å². The van der Waals surface area contributed by atoms with E-state index in [2.05, 4.69) is 30.4 Å². The van der Waals surface area contributed by atoms with Gasteiger partial charge in [-0.15, -0.1) is 10.2 Å². The molecule has 3 atom stereocenters. The van der Waals surface area contributed by atoms with Crippen LogP contribution in [0.4, 0.5) is 5.82 Å². The van der Waals surface area contributed by atoms with Crippen molar-refractivity contribution in [3.05, 3.63) is 36.7 Å². The van der Waals surface area contributed by atoms with Gasteiger partial charge in [0.1, 0.15) is 19.0 Å². The summed E-state index contributed by atoms with van der Waals surface area (Å²) in [5.41, 5.74) is 2.21. The molecule has 1 saturated carbocycles. The Morgan fingerprint density at radius 3 is 2.43 bits per heavy atom. The molecular formula is C26H28N6O3. The van der Waals surface area contributed by atoms with E-state index in [1.54, 1.807) is 12.3 Å². The van der Waals surface area contributed by atoms with Gasteiger partial charge in [0.2, 0.25) is 0 Å². The first-order valence-corrected chi connectivity index (χ1v) is 12.5. The second-order valence-corrected chi connectivity index (χ2v) is 10.00. The van der Waals surface area contributed by atoms with E-state index in [9.17, 15) is 5.11 Å². The van der Waals surface area contributed by atoms with Gasteiger partial charge in [-0.05, 0) is 62.3 Å². The van der Waals surface area contributed by atoms with Crippen LogP contribution in [-0.4, -0.2) is 62.7 Å². The van der Waals surface area contributed by atoms with Gasteiger partial charge in [0.05, 0.1) is 11.8 Å². The van der Waals surface area contributed by atoms with Crippen LogP contribution in [0.15, 0.2) is 36.7 Å². The van der Waals surface area contributed by atoms with E-state index in [-0.39, 0.29) is 5.75 Å². The number of piperidine rings is 1. The maximum atomic E-state index is 10.8. The third kappa shape index (κ3) is 3.93. The summed E-state index contributed by atoms with van der Waals surface area (Å²) in [5, 5.41) is 23.5. The molecule has 2 saturated heterocycles. The van der Waals surface area contributed by atoms with Crippen LogP contribution in [0.3, 0.4) is 0 Å². The van der Waals surface area contributed by atoms with E-state index in [1.807, 2.05) is 24.4 Å². The topological polar surface area (TPSA) is 106 Å². The van der Waals surface area contributed by atoms with Gasteiger partial charge in [0.25, 0.3) is 5.88 Å². The summed E-state index contributed by atoms with van der Waals surface area (Å²) in [7, 11) is 0. The normalized spacial score (nSPS) is 24.9. The summed E-state index contributed by atoms with van der Waals surface area (Å²) in [6.07, 6.45) is 10.8. The van der Waals surface area contributed by atoms with Crippen molar-refractivity contribution in [2.45, 2.75) is 62.7 Å². The molecule has 5 heterocycles. The maximum absolute atomic E-state index is 10.8. The summed E-state index contributed by atoms with van der Waals surface area (Å²) < 4.78 is 11.1. The second kappa shape index (κ2) is 8.34. The van der Waals surface area contributed by atoms with Crippen molar-refractivity contribution >= 4 is 5.82 Å². The Kier molecular flexibility index (Phi) is 4.97. The molecule has 2 aromatic heterocycles. The summed E-state index contributed by atoms with van der Waals surface area (Å²) in [6, 6.07) is 9.60. The molecule has 9 heteroatoms. The number of aromatic hydroxyl groups is 1. The van der Waals surface area contributed by atoms with E-state index < -0.39 is 0 Å². The third-order valence-electron chi connectivity index (χ3n) is 7.57. The van der Waals surface area contributed by atoms with E-state index in [0.29, 0.717) is 60.4 Å². The van der Waals surface area contributed by atoms with Crippen LogP contribution < -0.4 is 19.7 Å². The van der Waals surface area contributed by atoms with E-state index in [0.717, 1.165) is 29.8 Å². The highest BCUT2D eigenvalue weighted by Crippen LogP contribution is 2.39. The fourth-order valence-corrected chi connectivity index (χ4v) is 5.78. The van der Waals surface area contributed by atoms with Crippen molar-refractivity contribution in [1.82, 2.24) is 25.5 Å². The van der Waals surface area contributed by atoms with Gasteiger partial charge in [-0.3, -0.25) is 0 Å². The largest absolute Gasteiger partial charge is 0.507 e. The number of pyridine rings is 1. The van der Waals surface area contributed by atoms with Crippen LogP contribution in [0.2, 0.25) is 0 Å². The summed E-state index contributed by atoms with van der Waals surface area (Å²) in [5.74, 6) is 2.47. The van der Waals surface area contributed by atoms with Crippen LogP contribution in [0.25, 0.3) is 22.5 Å². The molecule has 1 unspecified atom stereocenters. The molecule has 35 heavy (non-hydrogen) atoms. The molecule has 2 bridgehead atoms. The Bertz CT molecular complexity index is 1240. The van der Waals surface area contributed by atoms with Gasteiger partial charge < -0.3 is 24.8 Å². The minimum absolute atomic E-state index is 0.0981. The zero-order valence-electron chi connectivity index (χ0n) is 19.4. The van der Waals surface area contributed by atoms with Gasteiger partial charge in [0.15, 0.2) is 17.4 Å². The Morgan fingerprint density at radius 2 is 1.69 bits per heavy atom. The second-order valence-electron chi connectivity index (χ2n) is 10.00. The Balaban J connectivity index is 1.13. The summed E-state index contributed by atoms with van der Waals surface area (Å²) in [6.45, 7) is 0.999. The first-order chi connectivity index (χ1) is 17.2. The van der Waals surface area contributed by atoms with E-state index in [4.69, 9.17) is 9.47 Å². The standard InChI is InChI=1S/C26H28N6O3/c33-22-9-15(16-10-23-26(28-13-16)35-8-7-34-23)1-6-21(22)25-27-14-24(30-31-25)32(19-4-5-19)20-11-17-2-3-18(12-20)29-17/h1,6,9-10,13-14,17-20,29,33H,2-5,7-8,11-12H2/t17-,18+,20?. The number of benzene rings is 1. The predicted molar refractivity (Wildman–Crippen MR) is 130 cm³/mol. The van der Waals surface area contributed by atoms with E-state index in [1.165, 1.54) is 25.7 Å². The molecule has 0 radical (unpaired) electrons. The number of phenolic OH excluding ortho intramolecular Hbond substituents is 1. The van der Waals surface area contributed by atoms with Gasteiger partial charge >= 0.3 is 0 Å². The van der Waals surface area contributed by atoms with Crippen LogP contribution in [0.1, 0.15) is 38.5 Å². The zero-order valence-corrected chi connectivity index (χ0v) is 19.4.